The lowest BCUT2D eigenvalue weighted by Gasteiger charge is -2.11. The molecule has 21 heavy (non-hydrogen) atoms. The molecule has 2 aromatic carbocycles. The number of benzene rings is 2. The zero-order valence-electron chi connectivity index (χ0n) is 11.5. The van der Waals surface area contributed by atoms with E-state index in [9.17, 15) is 0 Å². The molecule has 1 aromatic heterocycles. The van der Waals surface area contributed by atoms with Gasteiger partial charge in [-0.25, -0.2) is 4.98 Å². The summed E-state index contributed by atoms with van der Waals surface area (Å²) in [5.74, 6) is 0.659. The minimum absolute atomic E-state index is 0.589. The van der Waals surface area contributed by atoms with Gasteiger partial charge in [-0.15, -0.1) is 0 Å². The summed E-state index contributed by atoms with van der Waals surface area (Å²) < 4.78 is 7.15. The molecular weight excluding hydrogens is 286 g/mol. The first kappa shape index (κ1) is 13.5. The van der Waals surface area contributed by atoms with Crippen LogP contribution in [0.15, 0.2) is 55.0 Å². The van der Waals surface area contributed by atoms with Gasteiger partial charge in [0.25, 0.3) is 0 Å². The molecule has 0 radical (unpaired) electrons. The van der Waals surface area contributed by atoms with E-state index in [1.807, 2.05) is 53.2 Å². The Kier molecular flexibility index (Phi) is 3.54. The van der Waals surface area contributed by atoms with E-state index in [1.54, 1.807) is 13.4 Å². The second-order valence-electron chi connectivity index (χ2n) is 4.58. The highest BCUT2D eigenvalue weighted by molar-refractivity contribution is 6.30. The number of methoxy groups -OCH3 is 1. The maximum atomic E-state index is 5.97. The second-order valence-corrected chi connectivity index (χ2v) is 5.02. The summed E-state index contributed by atoms with van der Waals surface area (Å²) in [6.45, 7) is 0. The molecule has 106 valence electrons. The van der Waals surface area contributed by atoms with Gasteiger partial charge < -0.3 is 10.5 Å². The van der Waals surface area contributed by atoms with Crippen LogP contribution in [0.5, 0.6) is 5.75 Å². The van der Waals surface area contributed by atoms with Crippen molar-refractivity contribution in [1.29, 1.82) is 0 Å². The molecule has 0 aliphatic rings. The number of anilines is 1. The summed E-state index contributed by atoms with van der Waals surface area (Å²) in [7, 11) is 1.60. The first-order chi connectivity index (χ1) is 10.2. The molecule has 4 nitrogen and oxygen atoms in total. The third kappa shape index (κ3) is 2.58. The van der Waals surface area contributed by atoms with Gasteiger partial charge in [0, 0.05) is 16.3 Å². The van der Waals surface area contributed by atoms with Gasteiger partial charge in [-0.3, -0.25) is 4.57 Å². The first-order valence-electron chi connectivity index (χ1n) is 6.41. The van der Waals surface area contributed by atoms with Crippen molar-refractivity contribution in [2.45, 2.75) is 0 Å². The highest BCUT2D eigenvalue weighted by Gasteiger charge is 2.09. The van der Waals surface area contributed by atoms with Gasteiger partial charge in [-0.05, 0) is 30.3 Å². The summed E-state index contributed by atoms with van der Waals surface area (Å²) in [5, 5.41) is 0.707. The van der Waals surface area contributed by atoms with Crippen LogP contribution < -0.4 is 10.5 Å². The van der Waals surface area contributed by atoms with Gasteiger partial charge in [0.2, 0.25) is 0 Å². The van der Waals surface area contributed by atoms with Crippen molar-refractivity contribution < 1.29 is 4.74 Å². The van der Waals surface area contributed by atoms with Crippen molar-refractivity contribution in [2.24, 2.45) is 0 Å². The molecule has 0 spiro atoms. The maximum absolute atomic E-state index is 5.97. The molecule has 0 aliphatic heterocycles. The largest absolute Gasteiger partial charge is 0.495 e. The van der Waals surface area contributed by atoms with Crippen molar-refractivity contribution >= 4 is 17.3 Å². The molecule has 2 N–H and O–H groups in total. The molecule has 0 aliphatic carbocycles. The third-order valence-corrected chi connectivity index (χ3v) is 3.52. The molecule has 0 atom stereocenters. The van der Waals surface area contributed by atoms with Crippen LogP contribution in [-0.2, 0) is 0 Å². The van der Waals surface area contributed by atoms with Crippen LogP contribution in [-0.4, -0.2) is 16.7 Å². The Morgan fingerprint density at radius 1 is 1.14 bits per heavy atom. The van der Waals surface area contributed by atoms with Gasteiger partial charge in [-0.1, -0.05) is 23.7 Å². The van der Waals surface area contributed by atoms with Crippen molar-refractivity contribution in [3.05, 3.63) is 60.0 Å². The average Bonchev–Trinajstić information content (AvgIpc) is 2.97. The Balaban J connectivity index is 2.06. The average molecular weight is 300 g/mol. The molecule has 1 heterocycles. The molecule has 0 unspecified atom stereocenters. The molecule has 0 amide bonds. The van der Waals surface area contributed by atoms with Crippen LogP contribution in [0.25, 0.3) is 16.9 Å². The Morgan fingerprint density at radius 3 is 2.57 bits per heavy atom. The van der Waals surface area contributed by atoms with E-state index in [2.05, 4.69) is 4.98 Å². The van der Waals surface area contributed by atoms with Crippen molar-refractivity contribution in [3.8, 4) is 22.7 Å². The number of halogens is 1. The first-order valence-corrected chi connectivity index (χ1v) is 6.79. The third-order valence-electron chi connectivity index (χ3n) is 3.27. The molecular formula is C16H14ClN3O. The number of nitrogens with zero attached hydrogens (tertiary/aromatic N) is 2. The van der Waals surface area contributed by atoms with E-state index in [1.165, 1.54) is 0 Å². The fraction of sp³-hybridized carbons (Fsp3) is 0.0625. The summed E-state index contributed by atoms with van der Waals surface area (Å²) in [4.78, 5) is 4.23. The number of aromatic nitrogens is 2. The number of ether oxygens (including phenoxy) is 1. The smallest absolute Gasteiger partial charge is 0.141 e. The Hall–Kier alpha value is -2.46. The number of nitrogens with two attached hydrogens (primary N) is 1. The number of hydrogen-bond acceptors (Lipinski definition) is 3. The number of rotatable bonds is 3. The van der Waals surface area contributed by atoms with E-state index < -0.39 is 0 Å². The molecule has 3 rings (SSSR count). The summed E-state index contributed by atoms with van der Waals surface area (Å²) >= 11 is 5.93. The minimum atomic E-state index is 0.589. The molecule has 5 heteroatoms. The molecule has 3 aromatic rings. The summed E-state index contributed by atoms with van der Waals surface area (Å²) in [6, 6.07) is 13.3. The molecule has 0 bridgehead atoms. The number of hydrogen-bond donors (Lipinski definition) is 1. The predicted octanol–water partition coefficient (Wildman–Crippen LogP) is 3.78. The maximum Gasteiger partial charge on any atom is 0.141 e. The van der Waals surface area contributed by atoms with E-state index in [4.69, 9.17) is 22.1 Å². The van der Waals surface area contributed by atoms with Crippen LogP contribution in [0.4, 0.5) is 5.69 Å². The van der Waals surface area contributed by atoms with E-state index >= 15 is 0 Å². The zero-order valence-corrected chi connectivity index (χ0v) is 12.2. The van der Waals surface area contributed by atoms with Crippen molar-refractivity contribution in [2.75, 3.05) is 12.8 Å². The van der Waals surface area contributed by atoms with Gasteiger partial charge in [-0.2, -0.15) is 0 Å². The topological polar surface area (TPSA) is 53.1 Å². The fourth-order valence-electron chi connectivity index (χ4n) is 2.21. The lowest BCUT2D eigenvalue weighted by molar-refractivity contribution is 0.417. The molecule has 0 fully saturated rings. The lowest BCUT2D eigenvalue weighted by Crippen LogP contribution is -1.98. The summed E-state index contributed by atoms with van der Waals surface area (Å²) in [6.07, 6.45) is 3.56. The van der Waals surface area contributed by atoms with Gasteiger partial charge in [0.05, 0.1) is 31.0 Å². The van der Waals surface area contributed by atoms with Crippen LogP contribution in [0.2, 0.25) is 5.02 Å². The predicted molar refractivity (Wildman–Crippen MR) is 85.0 cm³/mol. The quantitative estimate of drug-likeness (QED) is 0.749. The van der Waals surface area contributed by atoms with Gasteiger partial charge >= 0.3 is 0 Å². The van der Waals surface area contributed by atoms with E-state index in [-0.39, 0.29) is 0 Å². The SMILES string of the molecule is COc1ccc(-n2cncc2-c2ccc(Cl)cc2)cc1N. The van der Waals surface area contributed by atoms with Gasteiger partial charge in [0.15, 0.2) is 0 Å². The highest BCUT2D eigenvalue weighted by Crippen LogP contribution is 2.28. The lowest BCUT2D eigenvalue weighted by atomic mass is 10.1. The molecule has 0 saturated heterocycles. The number of imidazole rings is 1. The Morgan fingerprint density at radius 2 is 1.90 bits per heavy atom. The Bertz CT molecular complexity index is 765. The summed E-state index contributed by atoms with van der Waals surface area (Å²) in [5.41, 5.74) is 9.49. The van der Waals surface area contributed by atoms with Crippen LogP contribution in [0.1, 0.15) is 0 Å². The highest BCUT2D eigenvalue weighted by atomic mass is 35.5. The van der Waals surface area contributed by atoms with Crippen molar-refractivity contribution in [3.63, 3.8) is 0 Å². The Labute approximate surface area is 127 Å². The van der Waals surface area contributed by atoms with Gasteiger partial charge in [0.1, 0.15) is 5.75 Å². The van der Waals surface area contributed by atoms with Crippen LogP contribution in [0, 0.1) is 0 Å². The minimum Gasteiger partial charge on any atom is -0.495 e. The van der Waals surface area contributed by atoms with Crippen LogP contribution >= 0.6 is 11.6 Å². The monoisotopic (exact) mass is 299 g/mol. The van der Waals surface area contributed by atoms with E-state index in [0.717, 1.165) is 16.9 Å². The molecule has 0 saturated carbocycles. The normalized spacial score (nSPS) is 10.6. The zero-order chi connectivity index (χ0) is 14.8. The second kappa shape index (κ2) is 5.50. The standard InChI is InChI=1S/C16H14ClN3O/c1-21-16-7-6-13(8-14(16)18)20-10-19-9-15(20)11-2-4-12(17)5-3-11/h2-10H,18H2,1H3. The van der Waals surface area contributed by atoms with Crippen molar-refractivity contribution in [1.82, 2.24) is 9.55 Å². The van der Waals surface area contributed by atoms with E-state index in [0.29, 0.717) is 16.5 Å². The van der Waals surface area contributed by atoms with Crippen LogP contribution in [0.3, 0.4) is 0 Å². The number of nitrogen functional groups attached to an aromatic ring is 1. The fourth-order valence-corrected chi connectivity index (χ4v) is 2.33.